The molecule has 7 heteroatoms. The van der Waals surface area contributed by atoms with Crippen molar-refractivity contribution in [2.24, 2.45) is 0 Å². The number of thioether (sulfide) groups is 1. The molecule has 0 unspecified atom stereocenters. The summed E-state index contributed by atoms with van der Waals surface area (Å²) in [6, 6.07) is 38.2. The first-order valence-corrected chi connectivity index (χ1v) is 15.9. The first-order chi connectivity index (χ1) is 22.5. The van der Waals surface area contributed by atoms with E-state index >= 15 is 0 Å². The number of Topliss-reactive ketones (excluding diaryl/α,β-unsaturated/α-hetero) is 1. The molecule has 0 saturated carbocycles. The lowest BCUT2D eigenvalue weighted by molar-refractivity contribution is -0.113. The molecular weight excluding hydrogens is 591 g/mol. The standard InChI is InChI=1S/C39H29N3O3S/c43-37(28-15-14-27-20-26-10-4-5-11-32(26)34(27)21-28)24-46-31-18-16-30(17-19-31)41-39(45)36(42-38(44)25-8-2-1-3-9-25)22-29-23-40-35-13-7-6-12-33(29)35/h1-19,21-23,40H,20,24H2,(H,41,45)(H,42,44)/b36-22-. The summed E-state index contributed by atoms with van der Waals surface area (Å²) in [5.74, 6) is -0.472. The number of benzene rings is 5. The molecule has 6 aromatic rings. The Morgan fingerprint density at radius 3 is 2.33 bits per heavy atom. The maximum absolute atomic E-state index is 13.5. The van der Waals surface area contributed by atoms with Gasteiger partial charge in [-0.3, -0.25) is 14.4 Å². The summed E-state index contributed by atoms with van der Waals surface area (Å²) in [5.41, 5.74) is 8.43. The summed E-state index contributed by atoms with van der Waals surface area (Å²) in [6.45, 7) is 0. The summed E-state index contributed by atoms with van der Waals surface area (Å²) in [7, 11) is 0. The van der Waals surface area contributed by atoms with Crippen molar-refractivity contribution in [3.8, 4) is 11.1 Å². The molecule has 3 N–H and O–H groups in total. The largest absolute Gasteiger partial charge is 0.361 e. The van der Waals surface area contributed by atoms with Gasteiger partial charge in [-0.25, -0.2) is 0 Å². The number of para-hydroxylation sites is 1. The Labute approximate surface area is 270 Å². The number of carbonyl (C=O) groups is 3. The van der Waals surface area contributed by atoms with Crippen molar-refractivity contribution in [2.45, 2.75) is 11.3 Å². The van der Waals surface area contributed by atoms with Crippen LogP contribution in [0.2, 0.25) is 0 Å². The number of fused-ring (bicyclic) bond motifs is 4. The average Bonchev–Trinajstić information content (AvgIpc) is 3.68. The molecule has 1 aromatic heterocycles. The maximum Gasteiger partial charge on any atom is 0.272 e. The predicted octanol–water partition coefficient (Wildman–Crippen LogP) is 8.12. The molecule has 2 amide bonds. The van der Waals surface area contributed by atoms with Crippen LogP contribution in [0.25, 0.3) is 28.1 Å². The number of carbonyl (C=O) groups excluding carboxylic acids is 3. The summed E-state index contributed by atoms with van der Waals surface area (Å²) in [5, 5.41) is 6.63. The van der Waals surface area contributed by atoms with Crippen molar-refractivity contribution in [3.05, 3.63) is 161 Å². The highest BCUT2D eigenvalue weighted by Gasteiger charge is 2.20. The number of ketones is 1. The highest BCUT2D eigenvalue weighted by atomic mass is 32.2. The highest BCUT2D eigenvalue weighted by Crippen LogP contribution is 2.37. The van der Waals surface area contributed by atoms with Gasteiger partial charge in [-0.05, 0) is 83.3 Å². The summed E-state index contributed by atoms with van der Waals surface area (Å²) in [6.07, 6.45) is 4.38. The Bertz CT molecular complexity index is 2130. The van der Waals surface area contributed by atoms with Crippen molar-refractivity contribution in [1.82, 2.24) is 10.3 Å². The fourth-order valence-corrected chi connectivity index (χ4v) is 6.47. The van der Waals surface area contributed by atoms with E-state index in [-0.39, 0.29) is 17.4 Å². The zero-order valence-corrected chi connectivity index (χ0v) is 25.6. The Morgan fingerprint density at radius 2 is 1.48 bits per heavy atom. The van der Waals surface area contributed by atoms with Crippen LogP contribution in [0.15, 0.2) is 138 Å². The van der Waals surface area contributed by atoms with Crippen LogP contribution >= 0.6 is 11.8 Å². The van der Waals surface area contributed by atoms with Crippen molar-refractivity contribution in [2.75, 3.05) is 11.1 Å². The van der Waals surface area contributed by atoms with Gasteiger partial charge in [-0.15, -0.1) is 11.8 Å². The van der Waals surface area contributed by atoms with Gasteiger partial charge in [-0.2, -0.15) is 0 Å². The zero-order chi connectivity index (χ0) is 31.5. The van der Waals surface area contributed by atoms with Crippen LogP contribution in [0.1, 0.15) is 37.4 Å². The second kappa shape index (κ2) is 12.8. The van der Waals surface area contributed by atoms with Crippen LogP contribution in [0, 0.1) is 0 Å². The van der Waals surface area contributed by atoms with E-state index in [9.17, 15) is 14.4 Å². The normalized spacial score (nSPS) is 12.0. The van der Waals surface area contributed by atoms with E-state index in [1.165, 1.54) is 28.5 Å². The molecular formula is C39H29N3O3S. The SMILES string of the molecule is O=C(Nc1ccc(SCC(=O)c2ccc3c(c2)-c2ccccc2C3)cc1)/C(=C/c1c[nH]c2ccccc12)NC(=O)c1ccccc1. The van der Waals surface area contributed by atoms with Crippen LogP contribution in [0.3, 0.4) is 0 Å². The number of anilines is 1. The monoisotopic (exact) mass is 619 g/mol. The Balaban J connectivity index is 1.03. The van der Waals surface area contributed by atoms with Crippen molar-refractivity contribution in [1.29, 1.82) is 0 Å². The molecule has 0 fully saturated rings. The lowest BCUT2D eigenvalue weighted by Gasteiger charge is -2.12. The van der Waals surface area contributed by atoms with Crippen LogP contribution in [-0.2, 0) is 11.2 Å². The number of amides is 2. The Kier molecular flexibility index (Phi) is 8.06. The van der Waals surface area contributed by atoms with Gasteiger partial charge in [0, 0.05) is 44.4 Å². The molecule has 1 aliphatic carbocycles. The molecule has 0 aliphatic heterocycles. The molecule has 0 radical (unpaired) electrons. The van der Waals surface area contributed by atoms with E-state index in [0.717, 1.165) is 33.3 Å². The number of rotatable bonds is 9. The fourth-order valence-electron chi connectivity index (χ4n) is 5.67. The molecule has 7 rings (SSSR count). The number of hydrogen-bond donors (Lipinski definition) is 3. The van der Waals surface area contributed by atoms with Crippen molar-refractivity contribution >= 4 is 52.0 Å². The van der Waals surface area contributed by atoms with Gasteiger partial charge < -0.3 is 15.6 Å². The van der Waals surface area contributed by atoms with Gasteiger partial charge >= 0.3 is 0 Å². The molecule has 1 aliphatic rings. The minimum Gasteiger partial charge on any atom is -0.361 e. The minimum atomic E-state index is -0.455. The molecule has 46 heavy (non-hydrogen) atoms. The van der Waals surface area contributed by atoms with E-state index in [0.29, 0.717) is 22.6 Å². The average molecular weight is 620 g/mol. The second-order valence-corrected chi connectivity index (χ2v) is 12.1. The highest BCUT2D eigenvalue weighted by molar-refractivity contribution is 8.00. The van der Waals surface area contributed by atoms with E-state index in [1.807, 2.05) is 66.9 Å². The van der Waals surface area contributed by atoms with Gasteiger partial charge in [0.15, 0.2) is 5.78 Å². The molecule has 224 valence electrons. The van der Waals surface area contributed by atoms with E-state index in [1.54, 1.807) is 42.5 Å². The number of hydrogen-bond acceptors (Lipinski definition) is 4. The lowest BCUT2D eigenvalue weighted by atomic mass is 10.0. The van der Waals surface area contributed by atoms with Gasteiger partial charge in [0.1, 0.15) is 5.70 Å². The van der Waals surface area contributed by atoms with Gasteiger partial charge in [0.05, 0.1) is 5.75 Å². The first-order valence-electron chi connectivity index (χ1n) is 14.9. The third-order valence-corrected chi connectivity index (χ3v) is 9.06. The molecule has 0 spiro atoms. The summed E-state index contributed by atoms with van der Waals surface area (Å²) < 4.78 is 0. The Hall–Kier alpha value is -5.66. The summed E-state index contributed by atoms with van der Waals surface area (Å²) in [4.78, 5) is 43.7. The maximum atomic E-state index is 13.5. The van der Waals surface area contributed by atoms with Crippen molar-refractivity contribution in [3.63, 3.8) is 0 Å². The van der Waals surface area contributed by atoms with Gasteiger partial charge in [0.2, 0.25) is 0 Å². The Morgan fingerprint density at radius 1 is 0.739 bits per heavy atom. The van der Waals surface area contributed by atoms with E-state index in [2.05, 4.69) is 39.9 Å². The number of nitrogens with one attached hydrogen (secondary N) is 3. The van der Waals surface area contributed by atoms with Crippen LogP contribution < -0.4 is 10.6 Å². The van der Waals surface area contributed by atoms with Crippen LogP contribution in [0.4, 0.5) is 5.69 Å². The van der Waals surface area contributed by atoms with Crippen molar-refractivity contribution < 1.29 is 14.4 Å². The molecule has 5 aromatic carbocycles. The molecule has 1 heterocycles. The molecule has 6 nitrogen and oxygen atoms in total. The first kappa shape index (κ1) is 29.1. The topological polar surface area (TPSA) is 91.1 Å². The molecule has 0 bridgehead atoms. The smallest absolute Gasteiger partial charge is 0.272 e. The third kappa shape index (κ3) is 6.14. The van der Waals surface area contributed by atoms with Crippen LogP contribution in [-0.4, -0.2) is 28.3 Å². The number of aromatic nitrogens is 1. The van der Waals surface area contributed by atoms with E-state index < -0.39 is 5.91 Å². The van der Waals surface area contributed by atoms with Crippen LogP contribution in [0.5, 0.6) is 0 Å². The fraction of sp³-hybridized carbons (Fsp3) is 0.0513. The minimum absolute atomic E-state index is 0.0655. The quantitative estimate of drug-likeness (QED) is 0.0865. The predicted molar refractivity (Wildman–Crippen MR) is 185 cm³/mol. The number of H-pyrrole nitrogens is 1. The number of aromatic amines is 1. The summed E-state index contributed by atoms with van der Waals surface area (Å²) >= 11 is 1.45. The van der Waals surface area contributed by atoms with Gasteiger partial charge in [-0.1, -0.05) is 72.8 Å². The molecule has 0 atom stereocenters. The van der Waals surface area contributed by atoms with Gasteiger partial charge in [0.25, 0.3) is 11.8 Å². The zero-order valence-electron chi connectivity index (χ0n) is 24.7. The molecule has 0 saturated heterocycles. The van der Waals surface area contributed by atoms with E-state index in [4.69, 9.17) is 0 Å². The second-order valence-electron chi connectivity index (χ2n) is 11.1. The third-order valence-electron chi connectivity index (χ3n) is 8.05. The lowest BCUT2D eigenvalue weighted by Crippen LogP contribution is -2.30.